The van der Waals surface area contributed by atoms with E-state index in [-0.39, 0.29) is 24.6 Å². The van der Waals surface area contributed by atoms with Gasteiger partial charge in [-0.25, -0.2) is 4.68 Å². The molecule has 8 heteroatoms. The number of carbonyl (C=O) groups excluding carboxylic acids is 2. The Labute approximate surface area is 156 Å². The fourth-order valence-corrected chi connectivity index (χ4v) is 3.34. The second-order valence-corrected chi connectivity index (χ2v) is 6.76. The van der Waals surface area contributed by atoms with E-state index in [0.29, 0.717) is 10.9 Å². The molecule has 1 unspecified atom stereocenters. The lowest BCUT2D eigenvalue weighted by atomic mass is 9.94. The molecule has 1 atom stereocenters. The van der Waals surface area contributed by atoms with Gasteiger partial charge in [0.1, 0.15) is 5.52 Å². The number of ketones is 1. The summed E-state index contributed by atoms with van der Waals surface area (Å²) in [7, 11) is 0. The molecule has 1 aliphatic rings. The zero-order valence-electron chi connectivity index (χ0n) is 14.9. The van der Waals surface area contributed by atoms with Crippen LogP contribution < -0.4 is 10.9 Å². The lowest BCUT2D eigenvalue weighted by Crippen LogP contribution is -2.42. The summed E-state index contributed by atoms with van der Waals surface area (Å²) in [6.45, 7) is -0.0234. The Kier molecular flexibility index (Phi) is 5.91. The van der Waals surface area contributed by atoms with Crippen molar-refractivity contribution >= 4 is 22.6 Å². The highest BCUT2D eigenvalue weighted by Gasteiger charge is 2.28. The summed E-state index contributed by atoms with van der Waals surface area (Å²) >= 11 is 0. The molecule has 0 bridgehead atoms. The summed E-state index contributed by atoms with van der Waals surface area (Å²) in [4.78, 5) is 37.0. The standard InChI is InChI=1S/C19H21N5O3/c20-12-15(18(26)21-13-6-2-1-3-7-13)17(25)10-11-24-19(27)14-8-4-5-9-16(14)22-23-24/h4-5,8-9,13,15H,1-3,6-7,10-11H2,(H,21,26). The fourth-order valence-electron chi connectivity index (χ4n) is 3.34. The molecule has 27 heavy (non-hydrogen) atoms. The number of carbonyl (C=O) groups is 2. The largest absolute Gasteiger partial charge is 0.352 e. The van der Waals surface area contributed by atoms with E-state index in [1.807, 2.05) is 0 Å². The topological polar surface area (TPSA) is 118 Å². The minimum absolute atomic E-state index is 0.0234. The van der Waals surface area contributed by atoms with Crippen molar-refractivity contribution in [2.75, 3.05) is 0 Å². The van der Waals surface area contributed by atoms with Crippen molar-refractivity contribution in [1.29, 1.82) is 5.26 Å². The first-order valence-corrected chi connectivity index (χ1v) is 9.15. The molecule has 3 rings (SSSR count). The molecular weight excluding hydrogens is 346 g/mol. The molecule has 1 N–H and O–H groups in total. The number of aryl methyl sites for hydroxylation is 1. The number of nitrogens with one attached hydrogen (secondary N) is 1. The van der Waals surface area contributed by atoms with E-state index >= 15 is 0 Å². The smallest absolute Gasteiger partial charge is 0.277 e. The number of nitriles is 1. The third-order valence-corrected chi connectivity index (χ3v) is 4.86. The summed E-state index contributed by atoms with van der Waals surface area (Å²) in [5.41, 5.74) is 0.125. The monoisotopic (exact) mass is 367 g/mol. The van der Waals surface area contributed by atoms with E-state index < -0.39 is 17.6 Å². The molecule has 1 aromatic carbocycles. The Hall–Kier alpha value is -3.08. The van der Waals surface area contributed by atoms with Crippen molar-refractivity contribution in [1.82, 2.24) is 20.3 Å². The Morgan fingerprint density at radius 3 is 2.74 bits per heavy atom. The molecule has 1 aliphatic carbocycles. The predicted octanol–water partition coefficient (Wildman–Crippen LogP) is 1.34. The summed E-state index contributed by atoms with van der Waals surface area (Å²) in [6, 6.07) is 8.62. The van der Waals surface area contributed by atoms with Gasteiger partial charge < -0.3 is 5.32 Å². The van der Waals surface area contributed by atoms with E-state index in [2.05, 4.69) is 15.6 Å². The van der Waals surface area contributed by atoms with E-state index in [4.69, 9.17) is 0 Å². The Bertz CT molecular complexity index is 940. The number of amides is 1. The number of Topliss-reactive ketones (excluding diaryl/α,β-unsaturated/α-hetero) is 1. The Morgan fingerprint density at radius 2 is 2.00 bits per heavy atom. The first kappa shape index (κ1) is 18.7. The van der Waals surface area contributed by atoms with Gasteiger partial charge in [0.2, 0.25) is 5.91 Å². The van der Waals surface area contributed by atoms with Gasteiger partial charge in [-0.05, 0) is 25.0 Å². The average molecular weight is 367 g/mol. The van der Waals surface area contributed by atoms with Gasteiger partial charge in [-0.3, -0.25) is 14.4 Å². The first-order chi connectivity index (χ1) is 13.1. The minimum Gasteiger partial charge on any atom is -0.352 e. The maximum atomic E-state index is 12.4. The van der Waals surface area contributed by atoms with E-state index in [1.54, 1.807) is 30.3 Å². The highest BCUT2D eigenvalue weighted by atomic mass is 16.2. The summed E-state index contributed by atoms with van der Waals surface area (Å²) in [5.74, 6) is -2.44. The van der Waals surface area contributed by atoms with Crippen LogP contribution in [0.1, 0.15) is 38.5 Å². The van der Waals surface area contributed by atoms with Crippen molar-refractivity contribution in [3.8, 4) is 6.07 Å². The summed E-state index contributed by atoms with van der Waals surface area (Å²) in [6.07, 6.45) is 4.84. The van der Waals surface area contributed by atoms with Gasteiger partial charge in [0.25, 0.3) is 5.56 Å². The van der Waals surface area contributed by atoms with Crippen molar-refractivity contribution in [3.05, 3.63) is 34.6 Å². The summed E-state index contributed by atoms with van der Waals surface area (Å²) < 4.78 is 1.09. The van der Waals surface area contributed by atoms with Gasteiger partial charge in [-0.2, -0.15) is 5.26 Å². The first-order valence-electron chi connectivity index (χ1n) is 9.15. The highest BCUT2D eigenvalue weighted by molar-refractivity contribution is 6.04. The van der Waals surface area contributed by atoms with Crippen LogP contribution in [0.4, 0.5) is 0 Å². The normalized spacial score (nSPS) is 15.8. The van der Waals surface area contributed by atoms with Gasteiger partial charge >= 0.3 is 0 Å². The molecule has 1 saturated carbocycles. The highest BCUT2D eigenvalue weighted by Crippen LogP contribution is 2.18. The third-order valence-electron chi connectivity index (χ3n) is 4.86. The number of hydrogen-bond acceptors (Lipinski definition) is 6. The zero-order chi connectivity index (χ0) is 19.2. The van der Waals surface area contributed by atoms with Gasteiger partial charge in [-0.15, -0.1) is 5.10 Å². The maximum absolute atomic E-state index is 12.4. The predicted molar refractivity (Wildman–Crippen MR) is 97.5 cm³/mol. The van der Waals surface area contributed by atoms with Crippen LogP contribution in [0.3, 0.4) is 0 Å². The molecule has 1 heterocycles. The molecule has 140 valence electrons. The molecule has 1 fully saturated rings. The number of rotatable bonds is 6. The lowest BCUT2D eigenvalue weighted by molar-refractivity contribution is -0.132. The molecule has 0 saturated heterocycles. The van der Waals surface area contributed by atoms with Crippen LogP contribution in [-0.2, 0) is 16.1 Å². The number of hydrogen-bond donors (Lipinski definition) is 1. The molecule has 1 aromatic heterocycles. The zero-order valence-corrected chi connectivity index (χ0v) is 14.9. The van der Waals surface area contributed by atoms with Crippen LogP contribution in [0.2, 0.25) is 0 Å². The van der Waals surface area contributed by atoms with Crippen molar-refractivity contribution in [2.45, 2.75) is 51.1 Å². The van der Waals surface area contributed by atoms with Crippen LogP contribution in [0, 0.1) is 17.2 Å². The Morgan fingerprint density at radius 1 is 1.26 bits per heavy atom. The maximum Gasteiger partial charge on any atom is 0.277 e. The lowest BCUT2D eigenvalue weighted by Gasteiger charge is -2.23. The van der Waals surface area contributed by atoms with Crippen LogP contribution in [0.25, 0.3) is 10.9 Å². The molecule has 1 amide bonds. The average Bonchev–Trinajstić information content (AvgIpc) is 2.69. The quantitative estimate of drug-likeness (QED) is 0.770. The number of nitrogens with zero attached hydrogens (tertiary/aromatic N) is 4. The Balaban J connectivity index is 1.63. The van der Waals surface area contributed by atoms with Gasteiger partial charge in [0.15, 0.2) is 11.7 Å². The third kappa shape index (κ3) is 4.37. The van der Waals surface area contributed by atoms with Crippen molar-refractivity contribution in [2.24, 2.45) is 5.92 Å². The summed E-state index contributed by atoms with van der Waals surface area (Å²) in [5, 5.41) is 20.3. The second-order valence-electron chi connectivity index (χ2n) is 6.76. The van der Waals surface area contributed by atoms with E-state index in [1.165, 1.54) is 0 Å². The van der Waals surface area contributed by atoms with Crippen LogP contribution in [0.15, 0.2) is 29.1 Å². The fraction of sp³-hybridized carbons (Fsp3) is 0.474. The van der Waals surface area contributed by atoms with Crippen molar-refractivity contribution in [3.63, 3.8) is 0 Å². The van der Waals surface area contributed by atoms with E-state index in [9.17, 15) is 19.6 Å². The van der Waals surface area contributed by atoms with Crippen LogP contribution in [-0.4, -0.2) is 32.7 Å². The van der Waals surface area contributed by atoms with Gasteiger partial charge in [0, 0.05) is 12.5 Å². The molecule has 0 radical (unpaired) electrons. The number of benzene rings is 1. The van der Waals surface area contributed by atoms with Gasteiger partial charge in [0.05, 0.1) is 18.0 Å². The van der Waals surface area contributed by atoms with E-state index in [0.717, 1.165) is 36.8 Å². The molecule has 2 aromatic rings. The SMILES string of the molecule is N#CC(C(=O)CCn1nnc2ccccc2c1=O)C(=O)NC1CCCCC1. The number of fused-ring (bicyclic) bond motifs is 1. The molecular formula is C19H21N5O3. The van der Waals surface area contributed by atoms with Crippen molar-refractivity contribution < 1.29 is 9.59 Å². The minimum atomic E-state index is -1.36. The van der Waals surface area contributed by atoms with Gasteiger partial charge in [-0.1, -0.05) is 36.6 Å². The van der Waals surface area contributed by atoms with Crippen LogP contribution >= 0.6 is 0 Å². The second kappa shape index (κ2) is 8.54. The molecule has 0 aliphatic heterocycles. The molecule has 8 nitrogen and oxygen atoms in total. The van der Waals surface area contributed by atoms with Crippen LogP contribution in [0.5, 0.6) is 0 Å². The number of aromatic nitrogens is 3. The molecule has 0 spiro atoms.